The van der Waals surface area contributed by atoms with Gasteiger partial charge in [0.2, 0.25) is 0 Å². The van der Waals surface area contributed by atoms with E-state index in [9.17, 15) is 24.9 Å². The number of aliphatic hydroxyl groups excluding tert-OH is 2. The Morgan fingerprint density at radius 1 is 1.05 bits per heavy atom. The van der Waals surface area contributed by atoms with Crippen LogP contribution >= 0.6 is 0 Å². The Morgan fingerprint density at radius 3 is 2.38 bits per heavy atom. The Balaban J connectivity index is 1.47. The molecule has 42 heavy (non-hydrogen) atoms. The van der Waals surface area contributed by atoms with Crippen LogP contribution in [-0.2, 0) is 30.4 Å². The number of nitrogens with zero attached hydrogens (tertiary/aromatic N) is 1. The van der Waals surface area contributed by atoms with E-state index in [0.29, 0.717) is 30.8 Å². The zero-order valence-corrected chi connectivity index (χ0v) is 24.0. The number of phenolic OH excluding ortho intramolecular Hbond substituents is 1. The average molecular weight is 579 g/mol. The predicted molar refractivity (Wildman–Crippen MR) is 155 cm³/mol. The molecule has 1 amide bonds. The van der Waals surface area contributed by atoms with E-state index in [1.54, 1.807) is 48.5 Å². The van der Waals surface area contributed by atoms with E-state index in [-0.39, 0.29) is 24.6 Å². The molecule has 3 aromatic carbocycles. The number of carbonyl (C=O) groups excluding carboxylic acids is 2. The summed E-state index contributed by atoms with van der Waals surface area (Å²) in [6, 6.07) is 21.3. The summed E-state index contributed by atoms with van der Waals surface area (Å²) >= 11 is 0. The van der Waals surface area contributed by atoms with Crippen LogP contribution in [-0.4, -0.2) is 64.4 Å². The molecule has 4 N–H and O–H groups in total. The number of ether oxygens (including phenoxy) is 3. The number of nitrogens with one attached hydrogen (secondary N) is 1. The summed E-state index contributed by atoms with van der Waals surface area (Å²) in [5, 5.41) is 32.7. The molecule has 0 aromatic heterocycles. The van der Waals surface area contributed by atoms with Crippen LogP contribution in [0.4, 0.5) is 5.69 Å². The van der Waals surface area contributed by atoms with Crippen molar-refractivity contribution in [2.45, 2.75) is 57.6 Å². The quantitative estimate of drug-likeness (QED) is 0.249. The van der Waals surface area contributed by atoms with Gasteiger partial charge in [0, 0.05) is 37.7 Å². The molecule has 0 bridgehead atoms. The molecule has 0 unspecified atom stereocenters. The fraction of sp³-hybridized carbons (Fsp3) is 0.375. The number of hydrogen-bond donors (Lipinski definition) is 4. The number of anilines is 1. The monoisotopic (exact) mass is 578 g/mol. The van der Waals surface area contributed by atoms with Gasteiger partial charge in [-0.2, -0.15) is 0 Å². The summed E-state index contributed by atoms with van der Waals surface area (Å²) in [4.78, 5) is 25.5. The molecule has 3 aromatic rings. The maximum absolute atomic E-state index is 12.3. The third-order valence-corrected chi connectivity index (χ3v) is 7.03. The van der Waals surface area contributed by atoms with Crippen LogP contribution < -0.4 is 5.32 Å². The molecular weight excluding hydrogens is 540 g/mol. The largest absolute Gasteiger partial charge is 0.508 e. The van der Waals surface area contributed by atoms with Gasteiger partial charge in [-0.15, -0.1) is 0 Å². The van der Waals surface area contributed by atoms with E-state index in [4.69, 9.17) is 14.2 Å². The highest BCUT2D eigenvalue weighted by Gasteiger charge is 2.33. The maximum Gasteiger partial charge on any atom is 0.303 e. The fourth-order valence-electron chi connectivity index (χ4n) is 4.86. The lowest BCUT2D eigenvalue weighted by atomic mass is 9.99. The summed E-state index contributed by atoms with van der Waals surface area (Å²) in [7, 11) is 1.90. The number of carbonyl (C=O) groups is 2. The number of amides is 1. The number of rotatable bonds is 11. The Kier molecular flexibility index (Phi) is 10.7. The van der Waals surface area contributed by atoms with Gasteiger partial charge in [0.15, 0.2) is 12.4 Å². The molecule has 1 aliphatic rings. The minimum atomic E-state index is -0.922. The molecule has 0 spiro atoms. The van der Waals surface area contributed by atoms with Crippen LogP contribution in [0.3, 0.4) is 0 Å². The Hall–Kier alpha value is -3.80. The molecule has 0 aliphatic carbocycles. The van der Waals surface area contributed by atoms with Crippen molar-refractivity contribution in [1.29, 1.82) is 0 Å². The van der Waals surface area contributed by atoms with Crippen LogP contribution in [0, 0.1) is 0 Å². The summed E-state index contributed by atoms with van der Waals surface area (Å²) in [6.45, 7) is 3.56. The normalized spacial score (nSPS) is 20.1. The lowest BCUT2D eigenvalue weighted by Gasteiger charge is -2.38. The fourth-order valence-corrected chi connectivity index (χ4v) is 4.86. The van der Waals surface area contributed by atoms with Crippen LogP contribution in [0.15, 0.2) is 72.8 Å². The zero-order valence-electron chi connectivity index (χ0n) is 24.0. The summed E-state index contributed by atoms with van der Waals surface area (Å²) < 4.78 is 17.7. The second-order valence-electron chi connectivity index (χ2n) is 10.5. The topological polar surface area (TPSA) is 138 Å². The van der Waals surface area contributed by atoms with Gasteiger partial charge in [0.25, 0.3) is 5.91 Å². The number of aliphatic hydroxyl groups is 2. The first kappa shape index (κ1) is 31.1. The van der Waals surface area contributed by atoms with Gasteiger partial charge in [-0.05, 0) is 54.9 Å². The molecule has 1 saturated heterocycles. The molecule has 4 rings (SSSR count). The van der Waals surface area contributed by atoms with Gasteiger partial charge in [0.05, 0.1) is 24.9 Å². The molecule has 0 saturated carbocycles. The summed E-state index contributed by atoms with van der Waals surface area (Å²) in [6.07, 6.45) is -2.35. The van der Waals surface area contributed by atoms with E-state index in [2.05, 4.69) is 5.32 Å². The highest BCUT2D eigenvalue weighted by molar-refractivity contribution is 5.94. The van der Waals surface area contributed by atoms with Crippen molar-refractivity contribution in [3.8, 4) is 5.75 Å². The third-order valence-electron chi connectivity index (χ3n) is 7.03. The summed E-state index contributed by atoms with van der Waals surface area (Å²) in [5.41, 5.74) is 3.68. The highest BCUT2D eigenvalue weighted by Crippen LogP contribution is 2.38. The van der Waals surface area contributed by atoms with Crippen molar-refractivity contribution in [1.82, 2.24) is 4.90 Å². The molecule has 0 radical (unpaired) electrons. The first-order valence-corrected chi connectivity index (χ1v) is 13.9. The lowest BCUT2D eigenvalue weighted by Crippen LogP contribution is -2.39. The highest BCUT2D eigenvalue weighted by atomic mass is 16.7. The van der Waals surface area contributed by atoms with Crippen molar-refractivity contribution >= 4 is 17.6 Å². The second kappa shape index (κ2) is 14.4. The van der Waals surface area contributed by atoms with E-state index >= 15 is 0 Å². The van der Waals surface area contributed by atoms with Gasteiger partial charge >= 0.3 is 5.97 Å². The zero-order chi connectivity index (χ0) is 30.2. The standard InChI is InChI=1S/C32H38N2O8/c1-20(40-21(2)36)31(39)33-26-13-11-24(12-14-26)32-41-28(16-30(42-32)23-9-7-22(19-35)8-10-23)17-34(3)18-29(38)25-5-4-6-27(37)15-25/h4-15,20,28-30,32,35,37-38H,16-19H2,1-3H3,(H,33,39)/t20-,28-,29+,30+,32+/m0/s1. The van der Waals surface area contributed by atoms with E-state index < -0.39 is 30.4 Å². The van der Waals surface area contributed by atoms with E-state index in [0.717, 1.165) is 16.7 Å². The van der Waals surface area contributed by atoms with Crippen molar-refractivity contribution in [3.05, 3.63) is 95.1 Å². The Bertz CT molecular complexity index is 1330. The first-order chi connectivity index (χ1) is 20.1. The molecule has 10 heteroatoms. The minimum absolute atomic E-state index is 0.0466. The van der Waals surface area contributed by atoms with E-state index in [1.807, 2.05) is 36.2 Å². The Labute approximate surface area is 245 Å². The lowest BCUT2D eigenvalue weighted by molar-refractivity contribution is -0.252. The van der Waals surface area contributed by atoms with Crippen LogP contribution in [0.5, 0.6) is 5.75 Å². The first-order valence-electron chi connectivity index (χ1n) is 13.9. The maximum atomic E-state index is 12.3. The molecule has 1 heterocycles. The van der Waals surface area contributed by atoms with Crippen molar-refractivity contribution in [2.24, 2.45) is 0 Å². The number of likely N-dealkylation sites (N-methyl/N-ethyl adjacent to an activating group) is 1. The molecule has 224 valence electrons. The summed E-state index contributed by atoms with van der Waals surface area (Å²) in [5.74, 6) is -0.871. The van der Waals surface area contributed by atoms with Gasteiger partial charge in [-0.25, -0.2) is 0 Å². The second-order valence-corrected chi connectivity index (χ2v) is 10.5. The molecule has 1 fully saturated rings. The smallest absolute Gasteiger partial charge is 0.303 e. The number of aromatic hydroxyl groups is 1. The van der Waals surface area contributed by atoms with Crippen molar-refractivity contribution in [3.63, 3.8) is 0 Å². The number of hydrogen-bond acceptors (Lipinski definition) is 9. The van der Waals surface area contributed by atoms with Gasteiger partial charge < -0.3 is 39.7 Å². The molecular formula is C32H38N2O8. The Morgan fingerprint density at radius 2 is 1.74 bits per heavy atom. The van der Waals surface area contributed by atoms with Gasteiger partial charge in [0.1, 0.15) is 5.75 Å². The van der Waals surface area contributed by atoms with Crippen molar-refractivity contribution < 1.29 is 39.1 Å². The van der Waals surface area contributed by atoms with Gasteiger partial charge in [-0.1, -0.05) is 48.5 Å². The van der Waals surface area contributed by atoms with E-state index in [1.165, 1.54) is 13.8 Å². The van der Waals surface area contributed by atoms with Crippen LogP contribution in [0.25, 0.3) is 0 Å². The number of benzene rings is 3. The third kappa shape index (κ3) is 8.60. The average Bonchev–Trinajstić information content (AvgIpc) is 2.97. The van der Waals surface area contributed by atoms with Crippen molar-refractivity contribution in [2.75, 3.05) is 25.5 Å². The predicted octanol–water partition coefficient (Wildman–Crippen LogP) is 3.99. The van der Waals surface area contributed by atoms with Crippen LogP contribution in [0.1, 0.15) is 61.0 Å². The van der Waals surface area contributed by atoms with Crippen LogP contribution in [0.2, 0.25) is 0 Å². The molecule has 1 aliphatic heterocycles. The molecule has 5 atom stereocenters. The number of esters is 1. The molecule has 10 nitrogen and oxygen atoms in total. The SMILES string of the molecule is CC(=O)O[C@@H](C)C(=O)Nc1ccc([C@@H]2O[C@H](CN(C)C[C@@H](O)c3cccc(O)c3)C[C@H](c3ccc(CO)cc3)O2)cc1. The minimum Gasteiger partial charge on any atom is -0.508 e. The van der Waals surface area contributed by atoms with Gasteiger partial charge in [-0.3, -0.25) is 9.59 Å². The number of phenols is 1.